The number of nitrogens with two attached hydrogens (primary N) is 1. The van der Waals surface area contributed by atoms with E-state index in [1.165, 1.54) is 11.1 Å². The molecule has 0 spiro atoms. The molecule has 0 heterocycles. The Morgan fingerprint density at radius 3 is 2.52 bits per heavy atom. The summed E-state index contributed by atoms with van der Waals surface area (Å²) >= 11 is 0. The molecule has 170 valence electrons. The fourth-order valence-corrected chi connectivity index (χ4v) is 5.27. The van der Waals surface area contributed by atoms with Crippen molar-refractivity contribution in [3.63, 3.8) is 0 Å². The summed E-state index contributed by atoms with van der Waals surface area (Å²) in [6.45, 7) is 0.124. The molecule has 4 nitrogen and oxygen atoms in total. The van der Waals surface area contributed by atoms with Crippen LogP contribution in [0.15, 0.2) is 48.5 Å². The molecule has 3 rings (SSSR count). The van der Waals surface area contributed by atoms with Gasteiger partial charge in [-0.15, -0.1) is 0 Å². The number of ether oxygens (including phenoxy) is 1. The largest absolute Gasteiger partial charge is 0.494 e. The van der Waals surface area contributed by atoms with Crippen molar-refractivity contribution in [2.45, 2.75) is 50.2 Å². The van der Waals surface area contributed by atoms with Gasteiger partial charge in [0.25, 0.3) is 0 Å². The minimum absolute atomic E-state index is 0.0433. The summed E-state index contributed by atoms with van der Waals surface area (Å²) in [7, 11) is -3.75. The molecule has 2 atom stereocenters. The monoisotopic (exact) mass is 455 g/mol. The Balaban J connectivity index is 1.59. The maximum Gasteiger partial charge on any atom is 0.390 e. The molecule has 0 aromatic heterocycles. The van der Waals surface area contributed by atoms with Crippen LogP contribution in [0.2, 0.25) is 0 Å². The Kier molecular flexibility index (Phi) is 7.64. The van der Waals surface area contributed by atoms with Crippen molar-refractivity contribution in [3.8, 4) is 5.75 Å². The minimum Gasteiger partial charge on any atom is -0.494 e. The van der Waals surface area contributed by atoms with Crippen molar-refractivity contribution >= 4 is 9.84 Å². The Labute approximate surface area is 181 Å². The topological polar surface area (TPSA) is 69.4 Å². The van der Waals surface area contributed by atoms with Crippen LogP contribution in [0.1, 0.15) is 41.9 Å². The van der Waals surface area contributed by atoms with Crippen molar-refractivity contribution in [1.82, 2.24) is 0 Å². The van der Waals surface area contributed by atoms with E-state index in [1.807, 2.05) is 36.4 Å². The number of fused-ring (bicyclic) bond motifs is 1. The summed E-state index contributed by atoms with van der Waals surface area (Å²) in [5, 5.41) is 0. The number of hydrogen-bond acceptors (Lipinski definition) is 4. The van der Waals surface area contributed by atoms with Gasteiger partial charge in [-0.25, -0.2) is 8.42 Å². The normalized spacial score (nSPS) is 19.1. The van der Waals surface area contributed by atoms with E-state index in [4.69, 9.17) is 10.5 Å². The Bertz CT molecular complexity index is 962. The Hall–Kier alpha value is -2.06. The van der Waals surface area contributed by atoms with E-state index in [0.29, 0.717) is 5.75 Å². The number of rotatable bonds is 9. The SMILES string of the molecule is NC1CCc2ccc(OCCCS(=O)(=O)CCC(F)(F)F)cc2C1Cc1ccccc1. The van der Waals surface area contributed by atoms with Gasteiger partial charge in [0.1, 0.15) is 5.75 Å². The first-order valence-corrected chi connectivity index (χ1v) is 12.3. The molecule has 2 N–H and O–H groups in total. The second-order valence-electron chi connectivity index (χ2n) is 8.08. The quantitative estimate of drug-likeness (QED) is 0.568. The van der Waals surface area contributed by atoms with E-state index in [-0.39, 0.29) is 30.7 Å². The fraction of sp³-hybridized carbons (Fsp3) is 0.478. The first kappa shape index (κ1) is 23.6. The molecule has 2 unspecified atom stereocenters. The Morgan fingerprint density at radius 1 is 1.06 bits per heavy atom. The number of hydrogen-bond donors (Lipinski definition) is 1. The molecule has 0 bridgehead atoms. The highest BCUT2D eigenvalue weighted by Crippen LogP contribution is 2.35. The van der Waals surface area contributed by atoms with Crippen molar-refractivity contribution in [2.75, 3.05) is 18.1 Å². The third-order valence-electron chi connectivity index (χ3n) is 5.64. The van der Waals surface area contributed by atoms with Crippen LogP contribution >= 0.6 is 0 Å². The van der Waals surface area contributed by atoms with Gasteiger partial charge in [0.15, 0.2) is 9.84 Å². The van der Waals surface area contributed by atoms with Gasteiger partial charge in [-0.1, -0.05) is 36.4 Å². The molecule has 1 aliphatic carbocycles. The second-order valence-corrected chi connectivity index (χ2v) is 10.4. The number of halogens is 3. The zero-order chi connectivity index (χ0) is 22.5. The lowest BCUT2D eigenvalue weighted by Gasteiger charge is -2.32. The van der Waals surface area contributed by atoms with Crippen LogP contribution in [0.25, 0.3) is 0 Å². The van der Waals surface area contributed by atoms with Gasteiger partial charge in [0, 0.05) is 12.0 Å². The van der Waals surface area contributed by atoms with Gasteiger partial charge in [0.05, 0.1) is 24.5 Å². The van der Waals surface area contributed by atoms with Gasteiger partial charge in [-0.2, -0.15) is 13.2 Å². The third-order valence-corrected chi connectivity index (χ3v) is 7.38. The van der Waals surface area contributed by atoms with Gasteiger partial charge in [-0.3, -0.25) is 0 Å². The molecule has 0 radical (unpaired) electrons. The van der Waals surface area contributed by atoms with Crippen molar-refractivity contribution in [1.29, 1.82) is 0 Å². The van der Waals surface area contributed by atoms with E-state index in [2.05, 4.69) is 12.1 Å². The average molecular weight is 456 g/mol. The number of sulfone groups is 1. The van der Waals surface area contributed by atoms with Crippen molar-refractivity contribution in [2.24, 2.45) is 5.73 Å². The number of aryl methyl sites for hydroxylation is 1. The van der Waals surface area contributed by atoms with Gasteiger partial charge >= 0.3 is 6.18 Å². The maximum atomic E-state index is 12.2. The first-order valence-electron chi connectivity index (χ1n) is 10.5. The van der Waals surface area contributed by atoms with Crippen LogP contribution in [0, 0.1) is 0 Å². The molecule has 2 aromatic rings. The zero-order valence-corrected chi connectivity index (χ0v) is 18.1. The molecule has 0 fully saturated rings. The zero-order valence-electron chi connectivity index (χ0n) is 17.3. The lowest BCUT2D eigenvalue weighted by molar-refractivity contribution is -0.129. The van der Waals surface area contributed by atoms with Crippen molar-refractivity contribution in [3.05, 3.63) is 65.2 Å². The minimum atomic E-state index is -4.47. The van der Waals surface area contributed by atoms with Crippen LogP contribution in [-0.4, -0.2) is 38.7 Å². The smallest absolute Gasteiger partial charge is 0.390 e. The van der Waals surface area contributed by atoms with Gasteiger partial charge in [0.2, 0.25) is 0 Å². The highest BCUT2D eigenvalue weighted by molar-refractivity contribution is 7.91. The molecule has 0 amide bonds. The average Bonchev–Trinajstić information content (AvgIpc) is 2.72. The third kappa shape index (κ3) is 7.25. The lowest BCUT2D eigenvalue weighted by atomic mass is 9.76. The first-order chi connectivity index (χ1) is 14.6. The molecule has 2 aromatic carbocycles. The summed E-state index contributed by atoms with van der Waals surface area (Å²) in [5.41, 5.74) is 10.0. The molecular formula is C23H28F3NO3S. The van der Waals surface area contributed by atoms with Crippen LogP contribution in [0.3, 0.4) is 0 Å². The summed E-state index contributed by atoms with van der Waals surface area (Å²) in [6, 6.07) is 16.1. The lowest BCUT2D eigenvalue weighted by Crippen LogP contribution is -2.34. The molecule has 8 heteroatoms. The molecule has 31 heavy (non-hydrogen) atoms. The highest BCUT2D eigenvalue weighted by atomic mass is 32.2. The van der Waals surface area contributed by atoms with E-state index < -0.39 is 28.2 Å². The standard InChI is InChI=1S/C23H28F3NO3S/c24-23(25,26)11-14-31(28,29)13-4-12-30-19-9-7-18-8-10-22(27)21(20(18)16-19)15-17-5-2-1-3-6-17/h1-3,5-7,9,16,21-22H,4,8,10-15,27H2. The second kappa shape index (κ2) is 10.0. The molecule has 0 aliphatic heterocycles. The van der Waals surface area contributed by atoms with Gasteiger partial charge < -0.3 is 10.5 Å². The molecule has 1 aliphatic rings. The van der Waals surface area contributed by atoms with E-state index in [1.54, 1.807) is 0 Å². The van der Waals surface area contributed by atoms with Crippen molar-refractivity contribution < 1.29 is 26.3 Å². The highest BCUT2D eigenvalue weighted by Gasteiger charge is 2.30. The fourth-order valence-electron chi connectivity index (χ4n) is 3.96. The van der Waals surface area contributed by atoms with E-state index in [9.17, 15) is 21.6 Å². The van der Waals surface area contributed by atoms with Crippen LogP contribution in [0.5, 0.6) is 5.75 Å². The summed E-state index contributed by atoms with van der Waals surface area (Å²) in [5.74, 6) is -0.416. The van der Waals surface area contributed by atoms with Crippen LogP contribution in [0.4, 0.5) is 13.2 Å². The summed E-state index contributed by atoms with van der Waals surface area (Å²) in [4.78, 5) is 0. The molecular weight excluding hydrogens is 427 g/mol. The van der Waals surface area contributed by atoms with E-state index in [0.717, 1.165) is 24.8 Å². The van der Waals surface area contributed by atoms with Crippen LogP contribution in [-0.2, 0) is 22.7 Å². The number of alkyl halides is 3. The summed E-state index contributed by atoms with van der Waals surface area (Å²) < 4.78 is 65.9. The number of benzene rings is 2. The predicted octanol–water partition coefficient (Wildman–Crippen LogP) is 4.42. The Morgan fingerprint density at radius 2 is 1.81 bits per heavy atom. The summed E-state index contributed by atoms with van der Waals surface area (Å²) in [6.07, 6.45) is -2.99. The van der Waals surface area contributed by atoms with Gasteiger partial charge in [-0.05, 0) is 54.5 Å². The van der Waals surface area contributed by atoms with E-state index >= 15 is 0 Å². The van der Waals surface area contributed by atoms with Crippen LogP contribution < -0.4 is 10.5 Å². The predicted molar refractivity (Wildman–Crippen MR) is 115 cm³/mol. The molecule has 0 saturated carbocycles. The molecule has 0 saturated heterocycles. The maximum absolute atomic E-state index is 12.2.